The second-order valence-electron chi connectivity index (χ2n) is 4.80. The summed E-state index contributed by atoms with van der Waals surface area (Å²) in [6.45, 7) is 0.415. The lowest BCUT2D eigenvalue weighted by Gasteiger charge is -2.06. The summed E-state index contributed by atoms with van der Waals surface area (Å²) in [7, 11) is 0. The average Bonchev–Trinajstić information content (AvgIpc) is 2.49. The van der Waals surface area contributed by atoms with Gasteiger partial charge in [0.1, 0.15) is 5.82 Å². The maximum absolute atomic E-state index is 13.8. The molecule has 2 aromatic carbocycles. The van der Waals surface area contributed by atoms with Crippen LogP contribution in [0.4, 0.5) is 4.39 Å². The molecule has 20 heavy (non-hydrogen) atoms. The van der Waals surface area contributed by atoms with Crippen molar-refractivity contribution in [2.24, 2.45) is 5.73 Å². The van der Waals surface area contributed by atoms with Gasteiger partial charge in [0.15, 0.2) is 0 Å². The van der Waals surface area contributed by atoms with Crippen LogP contribution in [0.3, 0.4) is 0 Å². The van der Waals surface area contributed by atoms with Crippen LogP contribution in [0.1, 0.15) is 16.8 Å². The van der Waals surface area contributed by atoms with E-state index in [2.05, 4.69) is 4.98 Å². The molecule has 0 amide bonds. The van der Waals surface area contributed by atoms with E-state index in [-0.39, 0.29) is 5.82 Å². The molecule has 0 bridgehead atoms. The molecule has 2 nitrogen and oxygen atoms in total. The summed E-state index contributed by atoms with van der Waals surface area (Å²) in [5, 5.41) is 1.09. The second-order valence-corrected chi connectivity index (χ2v) is 4.80. The maximum atomic E-state index is 13.8. The Hall–Kier alpha value is -2.26. The van der Waals surface area contributed by atoms with Gasteiger partial charge in [-0.25, -0.2) is 4.39 Å². The Kier molecular flexibility index (Phi) is 3.44. The fourth-order valence-electron chi connectivity index (χ4n) is 2.29. The molecule has 0 aliphatic rings. The first-order chi connectivity index (χ1) is 9.76. The van der Waals surface area contributed by atoms with Crippen molar-refractivity contribution in [3.05, 3.63) is 77.2 Å². The molecule has 100 valence electrons. The molecule has 0 aliphatic carbocycles. The van der Waals surface area contributed by atoms with E-state index >= 15 is 0 Å². The third-order valence-corrected chi connectivity index (χ3v) is 3.37. The van der Waals surface area contributed by atoms with E-state index in [1.807, 2.05) is 42.5 Å². The van der Waals surface area contributed by atoms with E-state index in [1.54, 1.807) is 6.07 Å². The number of aromatic nitrogens is 1. The summed E-state index contributed by atoms with van der Waals surface area (Å²) >= 11 is 0. The average molecular weight is 266 g/mol. The fraction of sp³-hybridized carbons (Fsp3) is 0.118. The van der Waals surface area contributed by atoms with Gasteiger partial charge < -0.3 is 5.73 Å². The first kappa shape index (κ1) is 12.8. The molecule has 0 saturated heterocycles. The van der Waals surface area contributed by atoms with Crippen LogP contribution in [0.15, 0.2) is 54.6 Å². The van der Waals surface area contributed by atoms with Gasteiger partial charge in [0.2, 0.25) is 0 Å². The number of hydrogen-bond donors (Lipinski definition) is 1. The minimum atomic E-state index is -0.211. The van der Waals surface area contributed by atoms with Gasteiger partial charge in [0.05, 0.1) is 5.52 Å². The molecule has 0 atom stereocenters. The van der Waals surface area contributed by atoms with Crippen LogP contribution >= 0.6 is 0 Å². The highest BCUT2D eigenvalue weighted by Gasteiger charge is 2.06. The Balaban J connectivity index is 1.96. The zero-order valence-corrected chi connectivity index (χ0v) is 11.0. The predicted molar refractivity (Wildman–Crippen MR) is 78.8 cm³/mol. The number of pyridine rings is 1. The number of nitrogens with two attached hydrogens (primary N) is 1. The Morgan fingerprint density at radius 2 is 1.85 bits per heavy atom. The number of para-hydroxylation sites is 1. The highest BCUT2D eigenvalue weighted by atomic mass is 19.1. The second kappa shape index (κ2) is 5.39. The summed E-state index contributed by atoms with van der Waals surface area (Å²) in [6, 6.07) is 16.9. The van der Waals surface area contributed by atoms with E-state index in [9.17, 15) is 4.39 Å². The molecule has 3 heteroatoms. The van der Waals surface area contributed by atoms with Crippen molar-refractivity contribution in [3.63, 3.8) is 0 Å². The largest absolute Gasteiger partial charge is 0.326 e. The van der Waals surface area contributed by atoms with Gasteiger partial charge in [0, 0.05) is 24.0 Å². The van der Waals surface area contributed by atoms with E-state index in [1.165, 1.54) is 6.07 Å². The third kappa shape index (κ3) is 2.53. The van der Waals surface area contributed by atoms with E-state index in [4.69, 9.17) is 5.73 Å². The van der Waals surface area contributed by atoms with Gasteiger partial charge in [-0.1, -0.05) is 36.4 Å². The highest BCUT2D eigenvalue weighted by molar-refractivity contribution is 5.78. The van der Waals surface area contributed by atoms with Gasteiger partial charge in [-0.3, -0.25) is 4.98 Å². The van der Waals surface area contributed by atoms with Crippen molar-refractivity contribution >= 4 is 10.9 Å². The van der Waals surface area contributed by atoms with E-state index in [0.717, 1.165) is 22.2 Å². The molecule has 0 fully saturated rings. The van der Waals surface area contributed by atoms with Crippen LogP contribution in [0.25, 0.3) is 10.9 Å². The maximum Gasteiger partial charge on any atom is 0.126 e. The van der Waals surface area contributed by atoms with E-state index in [0.29, 0.717) is 18.5 Å². The zero-order valence-electron chi connectivity index (χ0n) is 11.0. The van der Waals surface area contributed by atoms with Crippen LogP contribution in [0.2, 0.25) is 0 Å². The summed E-state index contributed by atoms with van der Waals surface area (Å²) in [6.07, 6.45) is 0.477. The lowest BCUT2D eigenvalue weighted by atomic mass is 10.0. The molecule has 0 unspecified atom stereocenters. The number of halogens is 1. The predicted octanol–water partition coefficient (Wildman–Crippen LogP) is 3.42. The molecule has 1 heterocycles. The minimum Gasteiger partial charge on any atom is -0.326 e. The zero-order chi connectivity index (χ0) is 13.9. The van der Waals surface area contributed by atoms with Crippen molar-refractivity contribution in [1.82, 2.24) is 4.98 Å². The molecule has 0 aliphatic heterocycles. The molecule has 0 radical (unpaired) electrons. The first-order valence-electron chi connectivity index (χ1n) is 6.58. The number of fused-ring (bicyclic) bond motifs is 1. The number of hydrogen-bond acceptors (Lipinski definition) is 2. The van der Waals surface area contributed by atoms with Gasteiger partial charge in [-0.2, -0.15) is 0 Å². The van der Waals surface area contributed by atoms with E-state index < -0.39 is 0 Å². The summed E-state index contributed by atoms with van der Waals surface area (Å²) in [5.74, 6) is -0.211. The molecule has 2 N–H and O–H groups in total. The lowest BCUT2D eigenvalue weighted by molar-refractivity contribution is 0.612. The van der Waals surface area contributed by atoms with Crippen molar-refractivity contribution in [1.29, 1.82) is 0 Å². The topological polar surface area (TPSA) is 38.9 Å². The fourth-order valence-corrected chi connectivity index (χ4v) is 2.29. The molecular weight excluding hydrogens is 251 g/mol. The molecule has 0 saturated carbocycles. The summed E-state index contributed by atoms with van der Waals surface area (Å²) < 4.78 is 13.8. The molecule has 3 aromatic rings. The van der Waals surface area contributed by atoms with Gasteiger partial charge in [-0.15, -0.1) is 0 Å². The van der Waals surface area contributed by atoms with Crippen molar-refractivity contribution in [2.45, 2.75) is 13.0 Å². The molecule has 1 aromatic heterocycles. The van der Waals surface area contributed by atoms with Gasteiger partial charge in [0.25, 0.3) is 0 Å². The lowest BCUT2D eigenvalue weighted by Crippen LogP contribution is -2.01. The van der Waals surface area contributed by atoms with Gasteiger partial charge >= 0.3 is 0 Å². The van der Waals surface area contributed by atoms with Crippen LogP contribution in [0, 0.1) is 5.82 Å². The monoisotopic (exact) mass is 266 g/mol. The smallest absolute Gasteiger partial charge is 0.126 e. The van der Waals surface area contributed by atoms with Crippen molar-refractivity contribution in [3.8, 4) is 0 Å². The minimum absolute atomic E-state index is 0.211. The van der Waals surface area contributed by atoms with Crippen LogP contribution in [0.5, 0.6) is 0 Å². The van der Waals surface area contributed by atoms with Crippen LogP contribution in [-0.2, 0) is 13.0 Å². The normalized spacial score (nSPS) is 10.9. The molecule has 3 rings (SSSR count). The number of nitrogens with zero attached hydrogens (tertiary/aromatic N) is 1. The Bertz CT molecular complexity index is 753. The number of benzene rings is 2. The van der Waals surface area contributed by atoms with Crippen LogP contribution in [-0.4, -0.2) is 4.98 Å². The third-order valence-electron chi connectivity index (χ3n) is 3.37. The highest BCUT2D eigenvalue weighted by Crippen LogP contribution is 2.17. The SMILES string of the molecule is NCc1ccc(F)c(Cc2ccc3ccccc3n2)c1. The van der Waals surface area contributed by atoms with Gasteiger partial charge in [-0.05, 0) is 29.3 Å². The summed E-state index contributed by atoms with van der Waals surface area (Å²) in [4.78, 5) is 4.57. The number of rotatable bonds is 3. The Labute approximate surface area is 117 Å². The Morgan fingerprint density at radius 1 is 1.00 bits per heavy atom. The first-order valence-corrected chi connectivity index (χ1v) is 6.58. The Morgan fingerprint density at radius 3 is 2.70 bits per heavy atom. The standard InChI is InChI=1S/C17H15FN2/c18-16-8-5-12(11-19)9-14(16)10-15-7-6-13-3-1-2-4-17(13)20-15/h1-9H,10-11,19H2. The molecular formula is C17H15FN2. The van der Waals surface area contributed by atoms with Crippen LogP contribution < -0.4 is 5.73 Å². The van der Waals surface area contributed by atoms with Crippen molar-refractivity contribution < 1.29 is 4.39 Å². The molecule has 0 spiro atoms. The van der Waals surface area contributed by atoms with Crippen molar-refractivity contribution in [2.75, 3.05) is 0 Å². The summed E-state index contributed by atoms with van der Waals surface area (Å²) in [5.41, 5.74) is 8.96. The quantitative estimate of drug-likeness (QED) is 0.789.